The monoisotopic (exact) mass is 260 g/mol. The number of H-pyrrole nitrogens is 1. The van der Waals surface area contributed by atoms with Gasteiger partial charge in [-0.25, -0.2) is 8.42 Å². The van der Waals surface area contributed by atoms with Crippen LogP contribution in [0.4, 0.5) is 0 Å². The summed E-state index contributed by atoms with van der Waals surface area (Å²) in [7, 11) is 2.95. The largest absolute Gasteiger partial charge is 0.359 e. The summed E-state index contributed by atoms with van der Waals surface area (Å²) in [4.78, 5) is 14.2. The lowest BCUT2D eigenvalue weighted by Crippen LogP contribution is -2.07. The Kier molecular flexibility index (Phi) is 2.36. The van der Waals surface area contributed by atoms with Gasteiger partial charge in [-0.15, -0.1) is 0 Å². The average molecular weight is 261 g/mol. The first-order valence-electron chi connectivity index (χ1n) is 4.45. The zero-order valence-corrected chi connectivity index (χ0v) is 10.2. The van der Waals surface area contributed by atoms with Gasteiger partial charge in [0.25, 0.3) is 9.05 Å². The summed E-state index contributed by atoms with van der Waals surface area (Å²) in [5.74, 6) is -0.210. The quantitative estimate of drug-likeness (QED) is 0.659. The van der Waals surface area contributed by atoms with Crippen molar-refractivity contribution in [3.63, 3.8) is 0 Å². The second kappa shape index (κ2) is 3.36. The molecule has 5 nitrogen and oxygen atoms in total. The van der Waals surface area contributed by atoms with Gasteiger partial charge in [0.2, 0.25) is 0 Å². The summed E-state index contributed by atoms with van der Waals surface area (Å²) in [6.45, 7) is 1.38. The number of nitrogens with one attached hydrogen (secondary N) is 1. The maximum atomic E-state index is 11.4. The van der Waals surface area contributed by atoms with E-state index in [1.54, 1.807) is 12.3 Å². The molecule has 0 aliphatic carbocycles. The van der Waals surface area contributed by atoms with Crippen LogP contribution in [-0.4, -0.2) is 23.8 Å². The molecule has 0 aliphatic heterocycles. The maximum absolute atomic E-state index is 11.4. The standard InChI is InChI=1S/C9H9ClN2O3S/c1-5(13)8-6-3-4-11-7(6)9(12(8)2)16(10,14)15/h3-4,11H,1-2H3. The molecule has 1 N–H and O–H groups in total. The molecule has 0 radical (unpaired) electrons. The molecular formula is C9H9ClN2O3S. The van der Waals surface area contributed by atoms with Crippen molar-refractivity contribution in [1.29, 1.82) is 0 Å². The predicted molar refractivity (Wildman–Crippen MR) is 60.3 cm³/mol. The first-order valence-corrected chi connectivity index (χ1v) is 6.76. The summed E-state index contributed by atoms with van der Waals surface area (Å²) in [5, 5.41) is 0.480. The zero-order valence-electron chi connectivity index (χ0n) is 8.61. The third kappa shape index (κ3) is 1.45. The molecule has 0 fully saturated rings. The highest BCUT2D eigenvalue weighted by Crippen LogP contribution is 2.30. The Labute approximate surface area is 96.4 Å². The van der Waals surface area contributed by atoms with E-state index in [2.05, 4.69) is 4.98 Å². The topological polar surface area (TPSA) is 71.9 Å². The van der Waals surface area contributed by atoms with Gasteiger partial charge in [-0.2, -0.15) is 0 Å². The molecule has 0 aliphatic rings. The van der Waals surface area contributed by atoms with E-state index in [9.17, 15) is 13.2 Å². The number of halogens is 1. The van der Waals surface area contributed by atoms with Crippen molar-refractivity contribution in [2.24, 2.45) is 7.05 Å². The Hall–Kier alpha value is -1.27. The molecule has 2 rings (SSSR count). The van der Waals surface area contributed by atoms with E-state index in [4.69, 9.17) is 10.7 Å². The van der Waals surface area contributed by atoms with Crippen molar-refractivity contribution in [3.05, 3.63) is 18.0 Å². The van der Waals surface area contributed by atoms with Crippen LogP contribution in [0.2, 0.25) is 0 Å². The van der Waals surface area contributed by atoms with Crippen molar-refractivity contribution < 1.29 is 13.2 Å². The predicted octanol–water partition coefficient (Wildman–Crippen LogP) is 1.64. The molecule has 0 spiro atoms. The van der Waals surface area contributed by atoms with E-state index >= 15 is 0 Å². The van der Waals surface area contributed by atoms with Gasteiger partial charge < -0.3 is 9.55 Å². The van der Waals surface area contributed by atoms with Crippen LogP contribution >= 0.6 is 10.7 Å². The number of aromatic amines is 1. The molecule has 0 atom stereocenters. The number of hydrogen-bond acceptors (Lipinski definition) is 3. The fourth-order valence-corrected chi connectivity index (χ4v) is 3.28. The number of carbonyl (C=O) groups is 1. The summed E-state index contributed by atoms with van der Waals surface area (Å²) in [6.07, 6.45) is 1.57. The van der Waals surface area contributed by atoms with Crippen molar-refractivity contribution in [2.45, 2.75) is 11.9 Å². The molecule has 0 saturated carbocycles. The number of rotatable bonds is 2. The lowest BCUT2D eigenvalue weighted by molar-refractivity contribution is 0.101. The lowest BCUT2D eigenvalue weighted by Gasteiger charge is -2.02. The fourth-order valence-electron chi connectivity index (χ4n) is 1.90. The molecule has 0 amide bonds. The minimum absolute atomic E-state index is 0.0839. The van der Waals surface area contributed by atoms with E-state index in [1.807, 2.05) is 0 Å². The molecule has 16 heavy (non-hydrogen) atoms. The molecule has 0 bridgehead atoms. The van der Waals surface area contributed by atoms with E-state index in [0.29, 0.717) is 16.6 Å². The zero-order chi connectivity index (χ0) is 12.1. The Morgan fingerprint density at radius 2 is 2.12 bits per heavy atom. The van der Waals surface area contributed by atoms with Crippen LogP contribution in [0.1, 0.15) is 17.4 Å². The number of nitrogens with zero attached hydrogens (tertiary/aromatic N) is 1. The molecule has 2 aromatic rings. The van der Waals surface area contributed by atoms with Crippen LogP contribution in [0.3, 0.4) is 0 Å². The van der Waals surface area contributed by atoms with Crippen LogP contribution < -0.4 is 0 Å². The Morgan fingerprint density at radius 3 is 2.62 bits per heavy atom. The molecule has 0 aromatic carbocycles. The van der Waals surface area contributed by atoms with Gasteiger partial charge in [-0.05, 0) is 6.07 Å². The van der Waals surface area contributed by atoms with E-state index < -0.39 is 9.05 Å². The number of aromatic nitrogens is 2. The molecule has 86 valence electrons. The third-order valence-electron chi connectivity index (χ3n) is 2.42. The molecular weight excluding hydrogens is 252 g/mol. The van der Waals surface area contributed by atoms with Crippen molar-refractivity contribution in [3.8, 4) is 0 Å². The summed E-state index contributed by atoms with van der Waals surface area (Å²) in [6, 6.07) is 1.65. The normalized spacial score (nSPS) is 12.2. The number of Topliss-reactive ketones (excluding diaryl/α,β-unsaturated/α-hetero) is 1. The van der Waals surface area contributed by atoms with Gasteiger partial charge >= 0.3 is 0 Å². The van der Waals surface area contributed by atoms with Gasteiger partial charge in [-0.1, -0.05) is 0 Å². The van der Waals surface area contributed by atoms with Crippen LogP contribution in [0.15, 0.2) is 17.3 Å². The van der Waals surface area contributed by atoms with Crippen LogP contribution in [0.5, 0.6) is 0 Å². The first-order chi connectivity index (χ1) is 7.34. The summed E-state index contributed by atoms with van der Waals surface area (Å²) in [5.41, 5.74) is 0.693. The Morgan fingerprint density at radius 1 is 1.50 bits per heavy atom. The van der Waals surface area contributed by atoms with Gasteiger partial charge in [0.05, 0.1) is 11.2 Å². The van der Waals surface area contributed by atoms with Crippen LogP contribution in [-0.2, 0) is 16.1 Å². The number of carbonyl (C=O) groups excluding carboxylic acids is 1. The van der Waals surface area contributed by atoms with Crippen LogP contribution in [0, 0.1) is 0 Å². The minimum atomic E-state index is -3.89. The van der Waals surface area contributed by atoms with Crippen LogP contribution in [0.25, 0.3) is 10.9 Å². The molecule has 0 saturated heterocycles. The highest BCUT2D eigenvalue weighted by molar-refractivity contribution is 8.13. The first kappa shape index (κ1) is 11.2. The van der Waals surface area contributed by atoms with E-state index in [1.165, 1.54) is 18.5 Å². The second-order valence-electron chi connectivity index (χ2n) is 3.47. The Balaban J connectivity index is 3.01. The SMILES string of the molecule is CC(=O)c1c2cc[nH]c2c(S(=O)(=O)Cl)n1C. The van der Waals surface area contributed by atoms with Crippen molar-refractivity contribution >= 4 is 36.4 Å². The summed E-state index contributed by atoms with van der Waals surface area (Å²) >= 11 is 0. The molecule has 0 unspecified atom stereocenters. The van der Waals surface area contributed by atoms with E-state index in [-0.39, 0.29) is 10.8 Å². The third-order valence-corrected chi connectivity index (χ3v) is 3.80. The van der Waals surface area contributed by atoms with Crippen molar-refractivity contribution in [2.75, 3.05) is 0 Å². The average Bonchev–Trinajstić information content (AvgIpc) is 2.58. The molecule has 7 heteroatoms. The van der Waals surface area contributed by atoms with Crippen molar-refractivity contribution in [1.82, 2.24) is 9.55 Å². The van der Waals surface area contributed by atoms with E-state index in [0.717, 1.165) is 0 Å². The van der Waals surface area contributed by atoms with Gasteiger partial charge in [-0.3, -0.25) is 4.79 Å². The maximum Gasteiger partial charge on any atom is 0.278 e. The molecule has 2 aromatic heterocycles. The number of hydrogen-bond donors (Lipinski definition) is 1. The highest BCUT2D eigenvalue weighted by Gasteiger charge is 2.25. The van der Waals surface area contributed by atoms with Gasteiger partial charge in [0.1, 0.15) is 0 Å². The lowest BCUT2D eigenvalue weighted by atomic mass is 10.2. The highest BCUT2D eigenvalue weighted by atomic mass is 35.7. The smallest absolute Gasteiger partial charge is 0.278 e. The molecule has 2 heterocycles. The number of ketones is 1. The fraction of sp³-hybridized carbons (Fsp3) is 0.222. The minimum Gasteiger partial charge on any atom is -0.359 e. The Bertz CT molecular complexity index is 681. The number of fused-ring (bicyclic) bond motifs is 1. The summed E-state index contributed by atoms with van der Waals surface area (Å²) < 4.78 is 24.1. The van der Waals surface area contributed by atoms with Gasteiger partial charge in [0, 0.05) is 36.2 Å². The second-order valence-corrected chi connectivity index (χ2v) is 5.95. The van der Waals surface area contributed by atoms with Gasteiger partial charge in [0.15, 0.2) is 10.8 Å².